The van der Waals surface area contributed by atoms with E-state index in [2.05, 4.69) is 4.98 Å². The number of hydrogen-bond acceptors (Lipinski definition) is 2. The van der Waals surface area contributed by atoms with Crippen LogP contribution in [-0.2, 0) is 6.54 Å². The fourth-order valence-corrected chi connectivity index (χ4v) is 1.72. The van der Waals surface area contributed by atoms with Crippen molar-refractivity contribution < 1.29 is 8.78 Å². The number of rotatable bonds is 3. The quantitative estimate of drug-likeness (QED) is 0.892. The minimum absolute atomic E-state index is 0.356. The number of benzene rings is 1. The summed E-state index contributed by atoms with van der Waals surface area (Å²) in [6.45, 7) is 2.75. The van der Waals surface area contributed by atoms with Crippen molar-refractivity contribution in [1.29, 1.82) is 0 Å². The number of aromatic nitrogens is 2. The zero-order valence-electron chi connectivity index (χ0n) is 9.45. The van der Waals surface area contributed by atoms with Gasteiger partial charge in [0.15, 0.2) is 0 Å². The van der Waals surface area contributed by atoms with Crippen LogP contribution in [0.15, 0.2) is 24.5 Å². The molecule has 0 aliphatic rings. The monoisotopic (exact) mass is 237 g/mol. The van der Waals surface area contributed by atoms with Gasteiger partial charge in [-0.25, -0.2) is 13.8 Å². The molecule has 0 amide bonds. The van der Waals surface area contributed by atoms with Gasteiger partial charge < -0.3 is 10.3 Å². The summed E-state index contributed by atoms with van der Waals surface area (Å²) in [5.74, 6) is -0.842. The summed E-state index contributed by atoms with van der Waals surface area (Å²) >= 11 is 0. The first-order valence-corrected chi connectivity index (χ1v) is 5.39. The predicted molar refractivity (Wildman–Crippen MR) is 62.3 cm³/mol. The second-order valence-corrected chi connectivity index (χ2v) is 3.83. The van der Waals surface area contributed by atoms with Gasteiger partial charge in [-0.1, -0.05) is 6.92 Å². The van der Waals surface area contributed by atoms with E-state index in [-0.39, 0.29) is 0 Å². The van der Waals surface area contributed by atoms with Gasteiger partial charge in [0.25, 0.3) is 0 Å². The van der Waals surface area contributed by atoms with Crippen LogP contribution in [0.4, 0.5) is 14.6 Å². The van der Waals surface area contributed by atoms with Crippen molar-refractivity contribution in [2.75, 3.05) is 5.73 Å². The minimum Gasteiger partial charge on any atom is -0.383 e. The molecular formula is C12H13F2N3. The number of anilines is 1. The van der Waals surface area contributed by atoms with Crippen LogP contribution in [0.5, 0.6) is 0 Å². The third kappa shape index (κ3) is 2.27. The third-order valence-corrected chi connectivity index (χ3v) is 2.48. The molecular weight excluding hydrogens is 224 g/mol. The van der Waals surface area contributed by atoms with E-state index in [9.17, 15) is 8.78 Å². The zero-order valence-corrected chi connectivity index (χ0v) is 9.45. The van der Waals surface area contributed by atoms with Crippen LogP contribution in [0, 0.1) is 11.6 Å². The van der Waals surface area contributed by atoms with E-state index < -0.39 is 11.6 Å². The molecule has 0 radical (unpaired) electrons. The van der Waals surface area contributed by atoms with Gasteiger partial charge >= 0.3 is 0 Å². The van der Waals surface area contributed by atoms with Gasteiger partial charge in [-0.05, 0) is 18.6 Å². The summed E-state index contributed by atoms with van der Waals surface area (Å²) in [6.07, 6.45) is 2.49. The summed E-state index contributed by atoms with van der Waals surface area (Å²) in [4.78, 5) is 4.09. The Labute approximate surface area is 97.9 Å². The van der Waals surface area contributed by atoms with Gasteiger partial charge in [0.1, 0.15) is 23.1 Å². The van der Waals surface area contributed by atoms with E-state index >= 15 is 0 Å². The molecule has 0 atom stereocenters. The van der Waals surface area contributed by atoms with Crippen LogP contribution in [0.25, 0.3) is 11.3 Å². The Balaban J connectivity index is 2.45. The Bertz CT molecular complexity index is 514. The van der Waals surface area contributed by atoms with E-state index in [0.29, 0.717) is 17.1 Å². The van der Waals surface area contributed by atoms with Gasteiger partial charge in [0.2, 0.25) is 0 Å². The summed E-state index contributed by atoms with van der Waals surface area (Å²) in [6, 6.07) is 3.26. The van der Waals surface area contributed by atoms with E-state index in [4.69, 9.17) is 5.73 Å². The van der Waals surface area contributed by atoms with Crippen molar-refractivity contribution in [1.82, 2.24) is 9.55 Å². The number of nitrogens with zero attached hydrogens (tertiary/aromatic N) is 2. The molecule has 0 spiro atoms. The maximum atomic E-state index is 13.1. The molecule has 0 saturated carbocycles. The molecule has 2 N–H and O–H groups in total. The highest BCUT2D eigenvalue weighted by molar-refractivity contribution is 5.70. The Morgan fingerprint density at radius 3 is 2.47 bits per heavy atom. The van der Waals surface area contributed by atoms with E-state index in [1.807, 2.05) is 6.92 Å². The molecule has 0 fully saturated rings. The second kappa shape index (κ2) is 4.53. The molecule has 90 valence electrons. The average Bonchev–Trinajstić information content (AvgIpc) is 2.60. The highest BCUT2D eigenvalue weighted by Crippen LogP contribution is 2.25. The van der Waals surface area contributed by atoms with Gasteiger partial charge in [0.05, 0.1) is 6.33 Å². The molecule has 1 aromatic heterocycles. The molecule has 5 heteroatoms. The molecule has 0 unspecified atom stereocenters. The number of imidazole rings is 1. The lowest BCUT2D eigenvalue weighted by molar-refractivity contribution is 0.584. The zero-order chi connectivity index (χ0) is 12.4. The van der Waals surface area contributed by atoms with Crippen molar-refractivity contribution in [3.63, 3.8) is 0 Å². The van der Waals surface area contributed by atoms with Gasteiger partial charge in [-0.3, -0.25) is 0 Å². The first-order chi connectivity index (χ1) is 8.11. The normalized spacial score (nSPS) is 10.8. The highest BCUT2D eigenvalue weighted by Gasteiger charge is 2.11. The first kappa shape index (κ1) is 11.6. The van der Waals surface area contributed by atoms with E-state index in [1.54, 1.807) is 10.9 Å². The number of aryl methyl sites for hydroxylation is 1. The number of halogens is 2. The van der Waals surface area contributed by atoms with Gasteiger partial charge in [-0.2, -0.15) is 0 Å². The maximum Gasteiger partial charge on any atom is 0.131 e. The van der Waals surface area contributed by atoms with Gasteiger partial charge in [0, 0.05) is 18.2 Å². The lowest BCUT2D eigenvalue weighted by Gasteiger charge is -2.04. The molecule has 17 heavy (non-hydrogen) atoms. The molecule has 1 aromatic carbocycles. The highest BCUT2D eigenvalue weighted by atomic mass is 19.1. The van der Waals surface area contributed by atoms with Crippen molar-refractivity contribution in [2.45, 2.75) is 19.9 Å². The number of hydrogen-bond donors (Lipinski definition) is 1. The SMILES string of the molecule is CCCn1cnc(-c2cc(F)cc(F)c2)c1N. The molecule has 0 bridgehead atoms. The molecule has 3 nitrogen and oxygen atoms in total. The standard InChI is InChI=1S/C12H13F2N3/c1-2-3-17-7-16-11(12(17)15)8-4-9(13)6-10(14)5-8/h4-7H,2-3,15H2,1H3. The van der Waals surface area contributed by atoms with E-state index in [0.717, 1.165) is 19.0 Å². The lowest BCUT2D eigenvalue weighted by Crippen LogP contribution is -2.01. The molecule has 2 aromatic rings. The van der Waals surface area contributed by atoms with Gasteiger partial charge in [-0.15, -0.1) is 0 Å². The molecule has 0 saturated heterocycles. The Hall–Kier alpha value is -1.91. The maximum absolute atomic E-state index is 13.1. The smallest absolute Gasteiger partial charge is 0.131 e. The summed E-state index contributed by atoms with van der Waals surface area (Å²) in [7, 11) is 0. The van der Waals surface area contributed by atoms with Crippen LogP contribution >= 0.6 is 0 Å². The average molecular weight is 237 g/mol. The van der Waals surface area contributed by atoms with Crippen LogP contribution in [0.3, 0.4) is 0 Å². The van der Waals surface area contributed by atoms with Crippen molar-refractivity contribution in [3.8, 4) is 11.3 Å². The third-order valence-electron chi connectivity index (χ3n) is 2.48. The van der Waals surface area contributed by atoms with Crippen LogP contribution in [0.1, 0.15) is 13.3 Å². The summed E-state index contributed by atoms with van der Waals surface area (Å²) in [5, 5.41) is 0. The molecule has 1 heterocycles. The first-order valence-electron chi connectivity index (χ1n) is 5.39. The number of nitrogens with two attached hydrogens (primary N) is 1. The Kier molecular flexibility index (Phi) is 3.08. The fraction of sp³-hybridized carbons (Fsp3) is 0.250. The summed E-state index contributed by atoms with van der Waals surface area (Å²) in [5.41, 5.74) is 6.65. The topological polar surface area (TPSA) is 43.8 Å². The summed E-state index contributed by atoms with van der Waals surface area (Å²) < 4.78 is 27.9. The van der Waals surface area contributed by atoms with Crippen LogP contribution < -0.4 is 5.73 Å². The van der Waals surface area contributed by atoms with Crippen LogP contribution in [-0.4, -0.2) is 9.55 Å². The van der Waals surface area contributed by atoms with Crippen molar-refractivity contribution >= 4 is 5.82 Å². The lowest BCUT2D eigenvalue weighted by atomic mass is 10.1. The molecule has 2 rings (SSSR count). The number of nitrogen functional groups attached to an aromatic ring is 1. The van der Waals surface area contributed by atoms with E-state index in [1.165, 1.54) is 12.1 Å². The van der Waals surface area contributed by atoms with Crippen molar-refractivity contribution in [3.05, 3.63) is 36.2 Å². The Morgan fingerprint density at radius 2 is 1.88 bits per heavy atom. The molecule has 0 aliphatic carbocycles. The predicted octanol–water partition coefficient (Wildman–Crippen LogP) is 2.82. The fourth-order valence-electron chi connectivity index (χ4n) is 1.72. The minimum atomic E-state index is -0.635. The largest absolute Gasteiger partial charge is 0.383 e. The van der Waals surface area contributed by atoms with Crippen molar-refractivity contribution in [2.24, 2.45) is 0 Å². The Morgan fingerprint density at radius 1 is 1.24 bits per heavy atom. The second-order valence-electron chi connectivity index (χ2n) is 3.83. The van der Waals surface area contributed by atoms with Crippen LogP contribution in [0.2, 0.25) is 0 Å². The molecule has 0 aliphatic heterocycles.